The number of nitrogens with one attached hydrogen (secondary N) is 1. The molecule has 1 N–H and O–H groups in total. The van der Waals surface area contributed by atoms with E-state index in [1.807, 2.05) is 0 Å². The van der Waals surface area contributed by atoms with Gasteiger partial charge in [-0.2, -0.15) is 0 Å². The van der Waals surface area contributed by atoms with Crippen molar-refractivity contribution >= 4 is 0 Å². The normalized spacial score (nSPS) is 25.1. The van der Waals surface area contributed by atoms with Crippen LogP contribution < -0.4 is 5.32 Å². The van der Waals surface area contributed by atoms with E-state index in [1.54, 1.807) is 6.08 Å². The fraction of sp³-hybridized carbons (Fsp3) is 0.474. The molecule has 0 spiro atoms. The molecule has 1 saturated heterocycles. The average molecular weight is 284 g/mol. The lowest BCUT2D eigenvalue weighted by atomic mass is 10.1. The third-order valence-electron chi connectivity index (χ3n) is 4.62. The van der Waals surface area contributed by atoms with Crippen LogP contribution in [0.25, 0.3) is 0 Å². The van der Waals surface area contributed by atoms with Crippen molar-refractivity contribution in [3.8, 4) is 0 Å². The van der Waals surface area contributed by atoms with Crippen LogP contribution in [0.3, 0.4) is 0 Å². The Bertz CT molecular complexity index is 496. The summed E-state index contributed by atoms with van der Waals surface area (Å²) >= 11 is 0. The SMILES string of the molecule is C=CC(=C)NC(=C/C)/C(=C\C(=C)CC)N1C[C@@H]2CC[C@H]1C2. The maximum Gasteiger partial charge on any atom is 0.0607 e. The molecule has 0 amide bonds. The summed E-state index contributed by atoms with van der Waals surface area (Å²) in [5, 5.41) is 3.38. The number of rotatable bonds is 7. The Balaban J connectivity index is 2.27. The van der Waals surface area contributed by atoms with Crippen LogP contribution in [0.4, 0.5) is 0 Å². The van der Waals surface area contributed by atoms with E-state index in [9.17, 15) is 0 Å². The molecule has 0 aromatic carbocycles. The molecule has 0 aromatic rings. The first kappa shape index (κ1) is 15.7. The molecule has 0 aromatic heterocycles. The zero-order valence-corrected chi connectivity index (χ0v) is 13.5. The standard InChI is InChI=1S/C19H28N2/c1-6-14(4)11-19(18(8-3)20-15(5)7-2)21-13-16-9-10-17(21)12-16/h7-8,11,16-17,20H,2,4-6,9-10,12-13H2,1,3H3/b18-8+,19-11+/t16-,17+/m1/s1. The van der Waals surface area contributed by atoms with E-state index in [0.29, 0.717) is 6.04 Å². The molecule has 0 unspecified atom stereocenters. The second kappa shape index (κ2) is 6.84. The van der Waals surface area contributed by atoms with Crippen LogP contribution in [0.2, 0.25) is 0 Å². The minimum Gasteiger partial charge on any atom is -0.367 e. The second-order valence-corrected chi connectivity index (χ2v) is 6.08. The maximum atomic E-state index is 4.16. The minimum atomic E-state index is 0.694. The molecule has 2 aliphatic rings. The molecule has 1 heterocycles. The number of likely N-dealkylation sites (tertiary alicyclic amines) is 1. The van der Waals surface area contributed by atoms with Crippen molar-refractivity contribution in [2.24, 2.45) is 5.92 Å². The lowest BCUT2D eigenvalue weighted by molar-refractivity contribution is 0.272. The zero-order chi connectivity index (χ0) is 15.4. The molecule has 2 nitrogen and oxygen atoms in total. The molecule has 114 valence electrons. The third-order valence-corrected chi connectivity index (χ3v) is 4.62. The molecule has 2 fully saturated rings. The van der Waals surface area contributed by atoms with E-state index in [2.05, 4.69) is 56.0 Å². The van der Waals surface area contributed by atoms with Crippen LogP contribution in [-0.4, -0.2) is 17.5 Å². The van der Waals surface area contributed by atoms with Crippen LogP contribution in [-0.2, 0) is 0 Å². The van der Waals surface area contributed by atoms with Crippen LogP contribution in [0.15, 0.2) is 60.6 Å². The summed E-state index contributed by atoms with van der Waals surface area (Å²) in [5.41, 5.74) is 4.38. The highest BCUT2D eigenvalue weighted by atomic mass is 15.2. The Morgan fingerprint density at radius 1 is 1.33 bits per heavy atom. The van der Waals surface area contributed by atoms with Crippen LogP contribution >= 0.6 is 0 Å². The largest absolute Gasteiger partial charge is 0.367 e. The lowest BCUT2D eigenvalue weighted by Gasteiger charge is -2.33. The van der Waals surface area contributed by atoms with Crippen molar-refractivity contribution in [3.63, 3.8) is 0 Å². The monoisotopic (exact) mass is 284 g/mol. The Labute approximate surface area is 129 Å². The summed E-state index contributed by atoms with van der Waals surface area (Å²) in [6.45, 7) is 17.3. The lowest BCUT2D eigenvalue weighted by Crippen LogP contribution is -2.34. The Morgan fingerprint density at radius 2 is 2.10 bits per heavy atom. The Hall–Kier alpha value is -1.70. The molecule has 21 heavy (non-hydrogen) atoms. The van der Waals surface area contributed by atoms with Gasteiger partial charge in [0.25, 0.3) is 0 Å². The van der Waals surface area contributed by atoms with Gasteiger partial charge in [0.1, 0.15) is 0 Å². The number of allylic oxidation sites excluding steroid dienone is 4. The molecule has 1 aliphatic carbocycles. The molecule has 0 radical (unpaired) electrons. The number of fused-ring (bicyclic) bond motifs is 2. The predicted molar refractivity (Wildman–Crippen MR) is 91.6 cm³/mol. The number of hydrogen-bond acceptors (Lipinski definition) is 2. The zero-order valence-electron chi connectivity index (χ0n) is 13.5. The first-order valence-electron chi connectivity index (χ1n) is 8.00. The first-order chi connectivity index (χ1) is 10.1. The Kier molecular flexibility index (Phi) is 5.11. The van der Waals surface area contributed by atoms with Gasteiger partial charge in [-0.05, 0) is 50.7 Å². The minimum absolute atomic E-state index is 0.694. The second-order valence-electron chi connectivity index (χ2n) is 6.08. The topological polar surface area (TPSA) is 15.3 Å². The van der Waals surface area contributed by atoms with Gasteiger partial charge in [0.2, 0.25) is 0 Å². The van der Waals surface area contributed by atoms with Gasteiger partial charge in [0, 0.05) is 18.3 Å². The molecule has 2 bridgehead atoms. The van der Waals surface area contributed by atoms with Crippen LogP contribution in [0.5, 0.6) is 0 Å². The van der Waals surface area contributed by atoms with Crippen molar-refractivity contribution < 1.29 is 0 Å². The van der Waals surface area contributed by atoms with Gasteiger partial charge in [0.05, 0.1) is 11.4 Å². The van der Waals surface area contributed by atoms with E-state index in [1.165, 1.54) is 31.5 Å². The highest BCUT2D eigenvalue weighted by molar-refractivity contribution is 5.38. The smallest absolute Gasteiger partial charge is 0.0607 e. The Morgan fingerprint density at radius 3 is 2.57 bits per heavy atom. The van der Waals surface area contributed by atoms with Gasteiger partial charge >= 0.3 is 0 Å². The first-order valence-corrected chi connectivity index (χ1v) is 8.00. The molecule has 2 atom stereocenters. The van der Waals surface area contributed by atoms with Crippen molar-refractivity contribution in [2.75, 3.05) is 6.54 Å². The number of hydrogen-bond donors (Lipinski definition) is 1. The quantitative estimate of drug-likeness (QED) is 0.692. The highest BCUT2D eigenvalue weighted by Crippen LogP contribution is 2.40. The fourth-order valence-electron chi connectivity index (χ4n) is 3.34. The van der Waals surface area contributed by atoms with E-state index in [4.69, 9.17) is 0 Å². The molecule has 1 saturated carbocycles. The molecule has 2 heteroatoms. The number of nitrogens with zero attached hydrogens (tertiary/aromatic N) is 1. The average Bonchev–Trinajstić information content (AvgIpc) is 3.12. The van der Waals surface area contributed by atoms with Crippen molar-refractivity contribution in [2.45, 2.75) is 45.6 Å². The van der Waals surface area contributed by atoms with Gasteiger partial charge < -0.3 is 10.2 Å². The van der Waals surface area contributed by atoms with E-state index in [0.717, 1.165) is 29.3 Å². The van der Waals surface area contributed by atoms with E-state index in [-0.39, 0.29) is 0 Å². The van der Waals surface area contributed by atoms with Crippen molar-refractivity contribution in [1.82, 2.24) is 10.2 Å². The predicted octanol–water partition coefficient (Wildman–Crippen LogP) is 4.51. The molecule has 1 aliphatic heterocycles. The van der Waals surface area contributed by atoms with Crippen molar-refractivity contribution in [3.05, 3.63) is 60.6 Å². The molecular formula is C19H28N2. The van der Waals surface area contributed by atoms with Gasteiger partial charge in [-0.3, -0.25) is 0 Å². The highest BCUT2D eigenvalue weighted by Gasteiger charge is 2.39. The number of piperidine rings is 1. The summed E-state index contributed by atoms with van der Waals surface area (Å²) in [6, 6.07) is 0.694. The fourth-order valence-corrected chi connectivity index (χ4v) is 3.34. The summed E-state index contributed by atoms with van der Waals surface area (Å²) in [4.78, 5) is 2.56. The summed E-state index contributed by atoms with van der Waals surface area (Å²) < 4.78 is 0. The van der Waals surface area contributed by atoms with Crippen LogP contribution in [0.1, 0.15) is 39.5 Å². The van der Waals surface area contributed by atoms with Gasteiger partial charge in [-0.1, -0.05) is 38.3 Å². The van der Waals surface area contributed by atoms with Crippen LogP contribution in [0, 0.1) is 5.92 Å². The molecular weight excluding hydrogens is 256 g/mol. The summed E-state index contributed by atoms with van der Waals surface area (Å²) in [7, 11) is 0. The van der Waals surface area contributed by atoms with Gasteiger partial charge in [-0.25, -0.2) is 0 Å². The van der Waals surface area contributed by atoms with Gasteiger partial charge in [-0.15, -0.1) is 0 Å². The molecule has 2 rings (SSSR count). The van der Waals surface area contributed by atoms with E-state index < -0.39 is 0 Å². The van der Waals surface area contributed by atoms with Crippen molar-refractivity contribution in [1.29, 1.82) is 0 Å². The summed E-state index contributed by atoms with van der Waals surface area (Å²) in [5.74, 6) is 0.869. The van der Waals surface area contributed by atoms with Gasteiger partial charge in [0.15, 0.2) is 0 Å². The summed E-state index contributed by atoms with van der Waals surface area (Å²) in [6.07, 6.45) is 11.1. The van der Waals surface area contributed by atoms with E-state index >= 15 is 0 Å². The maximum absolute atomic E-state index is 4.16. The third kappa shape index (κ3) is 3.49.